The Balaban J connectivity index is 1.98. The molecule has 1 amide bonds. The molecule has 2 rings (SSSR count). The Kier molecular flexibility index (Phi) is 6.69. The molecule has 0 fully saturated rings. The molecule has 5 nitrogen and oxygen atoms in total. The van der Waals surface area contributed by atoms with Crippen LogP contribution < -0.4 is 10.1 Å². The first-order valence-corrected chi connectivity index (χ1v) is 8.69. The molecule has 6 heteroatoms. The Morgan fingerprint density at radius 2 is 1.92 bits per heavy atom. The molecule has 0 spiro atoms. The minimum absolute atomic E-state index is 0.195. The van der Waals surface area contributed by atoms with E-state index in [-0.39, 0.29) is 19.1 Å². The summed E-state index contributed by atoms with van der Waals surface area (Å²) in [5.74, 6) is -0.447. The SMILES string of the molecule is CCOC(=O)c1ccccc1OCC(=O)Nc1cccc(SC)c1. The topological polar surface area (TPSA) is 64.6 Å². The van der Waals surface area contributed by atoms with Gasteiger partial charge >= 0.3 is 5.97 Å². The Morgan fingerprint density at radius 3 is 2.67 bits per heavy atom. The molecule has 2 aromatic carbocycles. The van der Waals surface area contributed by atoms with Gasteiger partial charge in [-0.1, -0.05) is 18.2 Å². The maximum absolute atomic E-state index is 12.0. The van der Waals surface area contributed by atoms with Crippen LogP contribution in [-0.4, -0.2) is 31.3 Å². The molecule has 1 N–H and O–H groups in total. The Morgan fingerprint density at radius 1 is 1.12 bits per heavy atom. The van der Waals surface area contributed by atoms with Crippen molar-refractivity contribution in [1.82, 2.24) is 0 Å². The Labute approximate surface area is 145 Å². The van der Waals surface area contributed by atoms with Crippen molar-refractivity contribution in [3.05, 3.63) is 54.1 Å². The van der Waals surface area contributed by atoms with Crippen LogP contribution >= 0.6 is 11.8 Å². The molecular weight excluding hydrogens is 326 g/mol. The zero-order valence-corrected chi connectivity index (χ0v) is 14.4. The smallest absolute Gasteiger partial charge is 0.341 e. The number of nitrogens with one attached hydrogen (secondary N) is 1. The molecule has 0 radical (unpaired) electrons. The molecule has 0 saturated heterocycles. The van der Waals surface area contributed by atoms with Crippen LogP contribution in [0.1, 0.15) is 17.3 Å². The number of hydrogen-bond donors (Lipinski definition) is 1. The number of rotatable bonds is 7. The van der Waals surface area contributed by atoms with Crippen LogP contribution in [0.3, 0.4) is 0 Å². The molecule has 2 aromatic rings. The maximum atomic E-state index is 12.0. The van der Waals surface area contributed by atoms with Crippen LogP contribution in [0.25, 0.3) is 0 Å². The Bertz CT molecular complexity index is 718. The molecule has 0 unspecified atom stereocenters. The van der Waals surface area contributed by atoms with E-state index in [9.17, 15) is 9.59 Å². The van der Waals surface area contributed by atoms with Gasteiger partial charge in [-0.3, -0.25) is 4.79 Å². The summed E-state index contributed by atoms with van der Waals surface area (Å²) in [6.45, 7) is 1.82. The monoisotopic (exact) mass is 345 g/mol. The Hall–Kier alpha value is -2.47. The second-order valence-corrected chi connectivity index (χ2v) is 5.67. The molecular formula is C18H19NO4S. The van der Waals surface area contributed by atoms with E-state index >= 15 is 0 Å². The molecule has 0 aliphatic heterocycles. The molecule has 0 bridgehead atoms. The number of benzene rings is 2. The minimum atomic E-state index is -0.471. The number of esters is 1. The number of carbonyl (C=O) groups excluding carboxylic acids is 2. The first-order chi connectivity index (χ1) is 11.6. The highest BCUT2D eigenvalue weighted by atomic mass is 32.2. The third-order valence-corrected chi connectivity index (χ3v) is 3.82. The molecule has 0 saturated carbocycles. The van der Waals surface area contributed by atoms with Crippen molar-refractivity contribution in [3.8, 4) is 5.75 Å². The first-order valence-electron chi connectivity index (χ1n) is 7.47. The first kappa shape index (κ1) is 17.9. The van der Waals surface area contributed by atoms with Crippen molar-refractivity contribution >= 4 is 29.3 Å². The van der Waals surface area contributed by atoms with E-state index in [0.717, 1.165) is 4.90 Å². The lowest BCUT2D eigenvalue weighted by Gasteiger charge is -2.11. The van der Waals surface area contributed by atoms with E-state index in [1.807, 2.05) is 30.5 Å². The van der Waals surface area contributed by atoms with Crippen molar-refractivity contribution in [2.45, 2.75) is 11.8 Å². The largest absolute Gasteiger partial charge is 0.483 e. The lowest BCUT2D eigenvalue weighted by Crippen LogP contribution is -2.21. The highest BCUT2D eigenvalue weighted by Gasteiger charge is 2.14. The van der Waals surface area contributed by atoms with Gasteiger partial charge in [0.05, 0.1) is 6.61 Å². The second kappa shape index (κ2) is 8.98. The van der Waals surface area contributed by atoms with Gasteiger partial charge in [0, 0.05) is 10.6 Å². The van der Waals surface area contributed by atoms with Gasteiger partial charge in [0.25, 0.3) is 5.91 Å². The van der Waals surface area contributed by atoms with Crippen LogP contribution in [0.15, 0.2) is 53.4 Å². The summed E-state index contributed by atoms with van der Waals surface area (Å²) in [7, 11) is 0. The zero-order chi connectivity index (χ0) is 17.4. The summed E-state index contributed by atoms with van der Waals surface area (Å²) >= 11 is 1.60. The average molecular weight is 345 g/mol. The number of ether oxygens (including phenoxy) is 2. The summed E-state index contributed by atoms with van der Waals surface area (Å²) in [6, 6.07) is 14.2. The second-order valence-electron chi connectivity index (χ2n) is 4.79. The van der Waals surface area contributed by atoms with E-state index in [1.165, 1.54) is 0 Å². The predicted molar refractivity (Wildman–Crippen MR) is 94.7 cm³/mol. The average Bonchev–Trinajstić information content (AvgIpc) is 2.60. The highest BCUT2D eigenvalue weighted by molar-refractivity contribution is 7.98. The van der Waals surface area contributed by atoms with Crippen molar-refractivity contribution in [2.24, 2.45) is 0 Å². The summed E-state index contributed by atoms with van der Waals surface area (Å²) in [4.78, 5) is 25.0. The fraction of sp³-hybridized carbons (Fsp3) is 0.222. The molecule has 0 aromatic heterocycles. The van der Waals surface area contributed by atoms with Gasteiger partial charge in [-0.15, -0.1) is 11.8 Å². The van der Waals surface area contributed by atoms with Gasteiger partial charge in [0.1, 0.15) is 11.3 Å². The molecule has 0 atom stereocenters. The van der Waals surface area contributed by atoms with Crippen molar-refractivity contribution in [1.29, 1.82) is 0 Å². The third kappa shape index (κ3) is 5.03. The van der Waals surface area contributed by atoms with Gasteiger partial charge in [-0.25, -0.2) is 4.79 Å². The number of anilines is 1. The van der Waals surface area contributed by atoms with E-state index in [0.29, 0.717) is 17.0 Å². The number of hydrogen-bond acceptors (Lipinski definition) is 5. The normalized spacial score (nSPS) is 10.1. The summed E-state index contributed by atoms with van der Waals surface area (Å²) in [5, 5.41) is 2.77. The van der Waals surface area contributed by atoms with Gasteiger partial charge in [-0.05, 0) is 43.5 Å². The third-order valence-electron chi connectivity index (χ3n) is 3.09. The number of amides is 1. The number of thioether (sulfide) groups is 1. The molecule has 0 aliphatic rings. The standard InChI is InChI=1S/C18H19NO4S/c1-3-22-18(21)15-9-4-5-10-16(15)23-12-17(20)19-13-7-6-8-14(11-13)24-2/h4-11H,3,12H2,1-2H3,(H,19,20). The minimum Gasteiger partial charge on any atom is -0.483 e. The molecule has 0 aliphatic carbocycles. The summed E-state index contributed by atoms with van der Waals surface area (Å²) in [5.41, 5.74) is 1.01. The van der Waals surface area contributed by atoms with Gasteiger partial charge in [0.15, 0.2) is 6.61 Å². The van der Waals surface area contributed by atoms with E-state index in [1.54, 1.807) is 43.0 Å². The molecule has 126 valence electrons. The van der Waals surface area contributed by atoms with Crippen molar-refractivity contribution in [2.75, 3.05) is 24.8 Å². The fourth-order valence-electron chi connectivity index (χ4n) is 2.01. The molecule has 24 heavy (non-hydrogen) atoms. The quantitative estimate of drug-likeness (QED) is 0.613. The number of para-hydroxylation sites is 1. The zero-order valence-electron chi connectivity index (χ0n) is 13.6. The van der Waals surface area contributed by atoms with E-state index < -0.39 is 5.97 Å². The van der Waals surface area contributed by atoms with Gasteiger partial charge in [-0.2, -0.15) is 0 Å². The van der Waals surface area contributed by atoms with Crippen molar-refractivity contribution < 1.29 is 19.1 Å². The predicted octanol–water partition coefficient (Wildman–Crippen LogP) is 3.60. The fourth-order valence-corrected chi connectivity index (χ4v) is 2.47. The van der Waals surface area contributed by atoms with Crippen molar-refractivity contribution in [3.63, 3.8) is 0 Å². The highest BCUT2D eigenvalue weighted by Crippen LogP contribution is 2.20. The van der Waals surface area contributed by atoms with Crippen LogP contribution in [0.5, 0.6) is 5.75 Å². The van der Waals surface area contributed by atoms with E-state index in [4.69, 9.17) is 9.47 Å². The maximum Gasteiger partial charge on any atom is 0.341 e. The van der Waals surface area contributed by atoms with Crippen LogP contribution in [-0.2, 0) is 9.53 Å². The lowest BCUT2D eigenvalue weighted by atomic mass is 10.2. The number of carbonyl (C=O) groups is 2. The van der Waals surface area contributed by atoms with Gasteiger partial charge in [0.2, 0.25) is 0 Å². The van der Waals surface area contributed by atoms with Gasteiger partial charge < -0.3 is 14.8 Å². The van der Waals surface area contributed by atoms with Crippen LogP contribution in [0, 0.1) is 0 Å². The van der Waals surface area contributed by atoms with E-state index in [2.05, 4.69) is 5.32 Å². The molecule has 0 heterocycles. The van der Waals surface area contributed by atoms with Crippen LogP contribution in [0.4, 0.5) is 5.69 Å². The summed E-state index contributed by atoms with van der Waals surface area (Å²) < 4.78 is 10.5. The van der Waals surface area contributed by atoms with Crippen LogP contribution in [0.2, 0.25) is 0 Å². The summed E-state index contributed by atoms with van der Waals surface area (Å²) in [6.07, 6.45) is 1.97. The lowest BCUT2D eigenvalue weighted by molar-refractivity contribution is -0.118.